The van der Waals surface area contributed by atoms with E-state index in [0.29, 0.717) is 35.2 Å². The summed E-state index contributed by atoms with van der Waals surface area (Å²) in [6.07, 6.45) is 3.75. The molecule has 1 fully saturated rings. The molecule has 2 aliphatic rings. The maximum Gasteiger partial charge on any atom is 0.224 e. The molecule has 0 aromatic heterocycles. The summed E-state index contributed by atoms with van der Waals surface area (Å²) in [6.45, 7) is 7.11. The molecule has 0 atom stereocenters. The first-order valence-electron chi connectivity index (χ1n) is 12.3. The Morgan fingerprint density at radius 3 is 2.63 bits per heavy atom. The van der Waals surface area contributed by atoms with Crippen LogP contribution in [0.15, 0.2) is 30.3 Å². The van der Waals surface area contributed by atoms with Crippen molar-refractivity contribution in [2.24, 2.45) is 0 Å². The lowest BCUT2D eigenvalue weighted by atomic mass is 10.0. The number of nitrogens with one attached hydrogen (secondary N) is 2. The van der Waals surface area contributed by atoms with E-state index in [1.54, 1.807) is 6.92 Å². The molecule has 4 rings (SSSR count). The summed E-state index contributed by atoms with van der Waals surface area (Å²) in [4.78, 5) is 28.0. The van der Waals surface area contributed by atoms with Gasteiger partial charge in [-0.3, -0.25) is 14.5 Å². The summed E-state index contributed by atoms with van der Waals surface area (Å²) in [5, 5.41) is 6.57. The molecule has 1 saturated heterocycles. The van der Waals surface area contributed by atoms with Crippen molar-refractivity contribution >= 4 is 52.1 Å². The minimum absolute atomic E-state index is 0.0672. The Bertz CT molecular complexity index is 1070. The van der Waals surface area contributed by atoms with Crippen molar-refractivity contribution < 1.29 is 14.3 Å². The Labute approximate surface area is 216 Å². The molecular formula is C26H32Cl2N4O3. The molecule has 2 aliphatic heterocycles. The zero-order valence-electron chi connectivity index (χ0n) is 20.0. The molecule has 0 bridgehead atoms. The van der Waals surface area contributed by atoms with Crippen LogP contribution in [0.5, 0.6) is 5.75 Å². The zero-order chi connectivity index (χ0) is 24.8. The number of rotatable bonds is 9. The summed E-state index contributed by atoms with van der Waals surface area (Å²) >= 11 is 13.0. The number of piperazine rings is 1. The number of amides is 2. The average Bonchev–Trinajstić information content (AvgIpc) is 2.87. The number of nitrogens with zero attached hydrogens (tertiary/aromatic N) is 2. The van der Waals surface area contributed by atoms with E-state index in [9.17, 15) is 9.59 Å². The second-order valence-electron chi connectivity index (χ2n) is 8.91. The number of hydrogen-bond acceptors (Lipinski definition) is 5. The van der Waals surface area contributed by atoms with Gasteiger partial charge in [0, 0.05) is 50.8 Å². The third kappa shape index (κ3) is 6.60. The highest BCUT2D eigenvalue weighted by molar-refractivity contribution is 6.45. The van der Waals surface area contributed by atoms with Crippen LogP contribution in [0.1, 0.15) is 38.2 Å². The van der Waals surface area contributed by atoms with E-state index in [-0.39, 0.29) is 11.8 Å². The van der Waals surface area contributed by atoms with Crippen LogP contribution in [0, 0.1) is 0 Å². The van der Waals surface area contributed by atoms with Crippen LogP contribution in [0.3, 0.4) is 0 Å². The lowest BCUT2D eigenvalue weighted by Crippen LogP contribution is -2.46. The molecule has 0 aliphatic carbocycles. The van der Waals surface area contributed by atoms with E-state index in [1.165, 1.54) is 5.56 Å². The van der Waals surface area contributed by atoms with E-state index in [1.807, 2.05) is 30.3 Å². The van der Waals surface area contributed by atoms with Gasteiger partial charge in [-0.2, -0.15) is 0 Å². The second-order valence-corrected chi connectivity index (χ2v) is 9.67. The largest absolute Gasteiger partial charge is 0.494 e. The first kappa shape index (κ1) is 25.6. The molecule has 2 amide bonds. The number of unbranched alkanes of at least 4 members (excludes halogenated alkanes) is 1. The number of anilines is 3. The standard InChI is InChI=1S/C26H32Cl2N4O3/c1-2-23(33)29-20-8-9-22(26(28)25(20)27)32-14-12-31(13-15-32)11-3-4-16-35-19-7-5-18-6-10-24(34)30-21(18)17-19/h5,7-9,17H,2-4,6,10-16H2,1H3,(H,29,33)(H,30,34). The predicted octanol–water partition coefficient (Wildman–Crippen LogP) is 5.21. The third-order valence-electron chi connectivity index (χ3n) is 6.48. The van der Waals surface area contributed by atoms with Crippen molar-refractivity contribution in [1.82, 2.24) is 4.90 Å². The SMILES string of the molecule is CCC(=O)Nc1ccc(N2CCN(CCCCOc3ccc4c(c3)NC(=O)CC4)CC2)c(Cl)c1Cl. The monoisotopic (exact) mass is 518 g/mol. The summed E-state index contributed by atoms with van der Waals surface area (Å²) < 4.78 is 5.91. The molecule has 2 aromatic carbocycles. The minimum atomic E-state index is -0.0917. The van der Waals surface area contributed by atoms with E-state index >= 15 is 0 Å². The maximum absolute atomic E-state index is 11.7. The van der Waals surface area contributed by atoms with Crippen LogP contribution in [-0.2, 0) is 16.0 Å². The molecular weight excluding hydrogens is 487 g/mol. The maximum atomic E-state index is 11.7. The smallest absolute Gasteiger partial charge is 0.224 e. The van der Waals surface area contributed by atoms with E-state index < -0.39 is 0 Å². The number of carbonyl (C=O) groups excluding carboxylic acids is 2. The normalized spacial score (nSPS) is 16.0. The van der Waals surface area contributed by atoms with Gasteiger partial charge in [-0.25, -0.2) is 0 Å². The number of fused-ring (bicyclic) bond motifs is 1. The quantitative estimate of drug-likeness (QED) is 0.445. The molecule has 0 radical (unpaired) electrons. The van der Waals surface area contributed by atoms with Gasteiger partial charge in [0.25, 0.3) is 0 Å². The Balaban J connectivity index is 1.18. The van der Waals surface area contributed by atoms with Crippen molar-refractivity contribution in [3.63, 3.8) is 0 Å². The van der Waals surface area contributed by atoms with Gasteiger partial charge in [0.15, 0.2) is 0 Å². The first-order chi connectivity index (χ1) is 16.9. The van der Waals surface area contributed by atoms with Crippen molar-refractivity contribution in [2.45, 2.75) is 39.0 Å². The fourth-order valence-corrected chi connectivity index (χ4v) is 4.89. The van der Waals surface area contributed by atoms with Crippen molar-refractivity contribution in [2.75, 3.05) is 54.9 Å². The van der Waals surface area contributed by atoms with Gasteiger partial charge in [0.05, 0.1) is 28.0 Å². The molecule has 2 heterocycles. The number of ether oxygens (including phenoxy) is 1. The Hall–Kier alpha value is -2.48. The Morgan fingerprint density at radius 1 is 1.06 bits per heavy atom. The van der Waals surface area contributed by atoms with Gasteiger partial charge >= 0.3 is 0 Å². The molecule has 35 heavy (non-hydrogen) atoms. The van der Waals surface area contributed by atoms with Crippen LogP contribution >= 0.6 is 23.2 Å². The van der Waals surface area contributed by atoms with Crippen LogP contribution in [0.2, 0.25) is 10.0 Å². The van der Waals surface area contributed by atoms with E-state index in [4.69, 9.17) is 27.9 Å². The molecule has 7 nitrogen and oxygen atoms in total. The lowest BCUT2D eigenvalue weighted by Gasteiger charge is -2.36. The van der Waals surface area contributed by atoms with Crippen LogP contribution < -0.4 is 20.3 Å². The molecule has 2 N–H and O–H groups in total. The van der Waals surface area contributed by atoms with E-state index in [0.717, 1.165) is 69.1 Å². The topological polar surface area (TPSA) is 73.9 Å². The molecule has 9 heteroatoms. The van der Waals surface area contributed by atoms with Gasteiger partial charge in [-0.15, -0.1) is 0 Å². The van der Waals surface area contributed by atoms with Gasteiger partial charge in [0.2, 0.25) is 11.8 Å². The zero-order valence-corrected chi connectivity index (χ0v) is 21.6. The molecule has 188 valence electrons. The highest BCUT2D eigenvalue weighted by Crippen LogP contribution is 2.38. The van der Waals surface area contributed by atoms with Gasteiger partial charge in [-0.05, 0) is 49.6 Å². The lowest BCUT2D eigenvalue weighted by molar-refractivity contribution is -0.117. The number of halogens is 2. The first-order valence-corrected chi connectivity index (χ1v) is 13.0. The highest BCUT2D eigenvalue weighted by Gasteiger charge is 2.21. The molecule has 0 saturated carbocycles. The summed E-state index contributed by atoms with van der Waals surface area (Å²) in [5.74, 6) is 0.777. The number of benzene rings is 2. The summed E-state index contributed by atoms with van der Waals surface area (Å²) in [6, 6.07) is 9.70. The van der Waals surface area contributed by atoms with Gasteiger partial charge in [-0.1, -0.05) is 36.2 Å². The number of hydrogen-bond donors (Lipinski definition) is 2. The Morgan fingerprint density at radius 2 is 1.86 bits per heavy atom. The fourth-order valence-electron chi connectivity index (χ4n) is 4.40. The third-order valence-corrected chi connectivity index (χ3v) is 7.36. The van der Waals surface area contributed by atoms with Gasteiger partial charge in [0.1, 0.15) is 5.75 Å². The van der Waals surface area contributed by atoms with E-state index in [2.05, 4.69) is 20.4 Å². The number of carbonyl (C=O) groups is 2. The predicted molar refractivity (Wildman–Crippen MR) is 142 cm³/mol. The summed E-state index contributed by atoms with van der Waals surface area (Å²) in [7, 11) is 0. The summed E-state index contributed by atoms with van der Waals surface area (Å²) in [5.41, 5.74) is 3.49. The average molecular weight is 519 g/mol. The second kappa shape index (κ2) is 12.0. The molecule has 2 aromatic rings. The Kier molecular flexibility index (Phi) is 8.76. The fraction of sp³-hybridized carbons (Fsp3) is 0.462. The van der Waals surface area contributed by atoms with Gasteiger partial charge < -0.3 is 20.3 Å². The van der Waals surface area contributed by atoms with Crippen LogP contribution in [-0.4, -0.2) is 56.0 Å². The van der Waals surface area contributed by atoms with Crippen LogP contribution in [0.4, 0.5) is 17.1 Å². The minimum Gasteiger partial charge on any atom is -0.494 e. The van der Waals surface area contributed by atoms with Crippen LogP contribution in [0.25, 0.3) is 0 Å². The van der Waals surface area contributed by atoms with Crippen molar-refractivity contribution in [3.8, 4) is 5.75 Å². The molecule has 0 unspecified atom stereocenters. The molecule has 0 spiro atoms. The van der Waals surface area contributed by atoms with Crippen molar-refractivity contribution in [1.29, 1.82) is 0 Å². The highest BCUT2D eigenvalue weighted by atomic mass is 35.5. The van der Waals surface area contributed by atoms with Crippen molar-refractivity contribution in [3.05, 3.63) is 45.9 Å². The number of aryl methyl sites for hydroxylation is 1.